The molecular formula is C12H18N2O2S2. The topological polar surface area (TPSA) is 63.4 Å². The fourth-order valence-electron chi connectivity index (χ4n) is 2.19. The van der Waals surface area contributed by atoms with E-state index in [0.717, 1.165) is 23.7 Å². The van der Waals surface area contributed by atoms with E-state index in [-0.39, 0.29) is 4.90 Å². The molecule has 0 aliphatic carbocycles. The molecule has 1 atom stereocenters. The molecule has 1 heterocycles. The molecule has 1 aromatic rings. The van der Waals surface area contributed by atoms with Crippen LogP contribution in [0.5, 0.6) is 0 Å². The van der Waals surface area contributed by atoms with E-state index in [9.17, 15) is 8.42 Å². The molecule has 1 fully saturated rings. The molecule has 100 valence electrons. The molecule has 0 bridgehead atoms. The van der Waals surface area contributed by atoms with Crippen LogP contribution < -0.4 is 10.6 Å². The van der Waals surface area contributed by atoms with Crippen molar-refractivity contribution in [3.8, 4) is 0 Å². The van der Waals surface area contributed by atoms with Crippen molar-refractivity contribution in [1.82, 2.24) is 0 Å². The van der Waals surface area contributed by atoms with Crippen molar-refractivity contribution in [3.63, 3.8) is 0 Å². The van der Waals surface area contributed by atoms with Crippen LogP contribution in [0.25, 0.3) is 0 Å². The van der Waals surface area contributed by atoms with Crippen LogP contribution in [0.3, 0.4) is 0 Å². The number of benzene rings is 1. The minimum atomic E-state index is -3.27. The number of nitrogens with two attached hydrogens (primary N) is 1. The van der Waals surface area contributed by atoms with E-state index in [1.165, 1.54) is 6.26 Å². The van der Waals surface area contributed by atoms with Crippen LogP contribution in [0.4, 0.5) is 11.4 Å². The van der Waals surface area contributed by atoms with E-state index in [1.807, 2.05) is 17.8 Å². The monoisotopic (exact) mass is 286 g/mol. The predicted molar refractivity (Wildman–Crippen MR) is 78.1 cm³/mol. The van der Waals surface area contributed by atoms with Crippen molar-refractivity contribution in [3.05, 3.63) is 18.2 Å². The van der Waals surface area contributed by atoms with Crippen molar-refractivity contribution in [2.75, 3.05) is 34.9 Å². The highest BCUT2D eigenvalue weighted by molar-refractivity contribution is 7.99. The second kappa shape index (κ2) is 5.01. The zero-order valence-corrected chi connectivity index (χ0v) is 12.2. The average molecular weight is 286 g/mol. The Hall–Kier alpha value is -0.880. The molecule has 2 rings (SSSR count). The summed E-state index contributed by atoms with van der Waals surface area (Å²) < 4.78 is 23.3. The standard InChI is InChI=1S/C12H18N2O2S2/c1-9-8-17-7-6-14(9)10-4-3-5-11(12(10)13)18(2,15)16/h3-5,9H,6-8,13H2,1-2H3. The van der Waals surface area contributed by atoms with Crippen LogP contribution in [0, 0.1) is 0 Å². The van der Waals surface area contributed by atoms with Gasteiger partial charge in [-0.25, -0.2) is 8.42 Å². The number of para-hydroxylation sites is 1. The van der Waals surface area contributed by atoms with Gasteiger partial charge in [0, 0.05) is 30.3 Å². The van der Waals surface area contributed by atoms with E-state index < -0.39 is 9.84 Å². The summed E-state index contributed by atoms with van der Waals surface area (Å²) in [7, 11) is -3.27. The Bertz CT molecular complexity index is 543. The molecule has 1 aliphatic rings. The fraction of sp³-hybridized carbons (Fsp3) is 0.500. The summed E-state index contributed by atoms with van der Waals surface area (Å²) in [5.41, 5.74) is 7.25. The average Bonchev–Trinajstić information content (AvgIpc) is 2.29. The number of anilines is 2. The molecule has 0 amide bonds. The predicted octanol–water partition coefficient (Wildman–Crippen LogP) is 1.61. The molecule has 18 heavy (non-hydrogen) atoms. The third-order valence-electron chi connectivity index (χ3n) is 3.12. The number of hydrogen-bond donors (Lipinski definition) is 1. The molecule has 0 spiro atoms. The van der Waals surface area contributed by atoms with Gasteiger partial charge in [0.25, 0.3) is 0 Å². The van der Waals surface area contributed by atoms with Crippen LogP contribution in [-0.4, -0.2) is 38.8 Å². The molecule has 1 unspecified atom stereocenters. The maximum atomic E-state index is 11.7. The van der Waals surface area contributed by atoms with Gasteiger partial charge in [-0.3, -0.25) is 0 Å². The number of rotatable bonds is 2. The number of sulfone groups is 1. The summed E-state index contributed by atoms with van der Waals surface area (Å²) in [6, 6.07) is 5.60. The highest BCUT2D eigenvalue weighted by atomic mass is 32.2. The lowest BCUT2D eigenvalue weighted by molar-refractivity contribution is 0.602. The van der Waals surface area contributed by atoms with E-state index in [0.29, 0.717) is 11.7 Å². The first-order valence-corrected chi connectivity index (χ1v) is 8.89. The van der Waals surface area contributed by atoms with Gasteiger partial charge in [-0.15, -0.1) is 0 Å². The maximum Gasteiger partial charge on any atom is 0.177 e. The van der Waals surface area contributed by atoms with Crippen LogP contribution in [-0.2, 0) is 9.84 Å². The zero-order valence-electron chi connectivity index (χ0n) is 10.6. The first kappa shape index (κ1) is 13.5. The second-order valence-corrected chi connectivity index (χ2v) is 7.71. The lowest BCUT2D eigenvalue weighted by Gasteiger charge is -2.36. The number of nitrogens with zero attached hydrogens (tertiary/aromatic N) is 1. The van der Waals surface area contributed by atoms with Crippen molar-refractivity contribution >= 4 is 33.0 Å². The SMILES string of the molecule is CC1CSCCN1c1cccc(S(C)(=O)=O)c1N. The van der Waals surface area contributed by atoms with Gasteiger partial charge >= 0.3 is 0 Å². The summed E-state index contributed by atoms with van der Waals surface area (Å²) in [6.07, 6.45) is 1.19. The van der Waals surface area contributed by atoms with Gasteiger partial charge < -0.3 is 10.6 Å². The smallest absolute Gasteiger partial charge is 0.177 e. The first-order valence-electron chi connectivity index (χ1n) is 5.84. The van der Waals surface area contributed by atoms with Gasteiger partial charge in [-0.05, 0) is 19.1 Å². The fourth-order valence-corrected chi connectivity index (χ4v) is 4.03. The molecule has 2 N–H and O–H groups in total. The Morgan fingerprint density at radius 3 is 2.78 bits per heavy atom. The molecule has 1 saturated heterocycles. The highest BCUT2D eigenvalue weighted by Crippen LogP contribution is 2.33. The molecule has 1 aromatic carbocycles. The Labute approximate surface area is 112 Å². The molecule has 0 saturated carbocycles. The number of thioether (sulfide) groups is 1. The maximum absolute atomic E-state index is 11.7. The summed E-state index contributed by atoms with van der Waals surface area (Å²) in [6.45, 7) is 3.04. The van der Waals surface area contributed by atoms with Gasteiger partial charge in [0.05, 0.1) is 16.3 Å². The lowest BCUT2D eigenvalue weighted by Crippen LogP contribution is -2.40. The Morgan fingerprint density at radius 1 is 1.44 bits per heavy atom. The quantitative estimate of drug-likeness (QED) is 0.837. The molecular weight excluding hydrogens is 268 g/mol. The molecule has 0 aromatic heterocycles. The van der Waals surface area contributed by atoms with Gasteiger partial charge in [0.15, 0.2) is 9.84 Å². The van der Waals surface area contributed by atoms with Crippen molar-refractivity contribution < 1.29 is 8.42 Å². The normalized spacial score (nSPS) is 21.0. The van der Waals surface area contributed by atoms with E-state index >= 15 is 0 Å². The third-order valence-corrected chi connectivity index (χ3v) is 5.46. The number of hydrogen-bond acceptors (Lipinski definition) is 5. The van der Waals surface area contributed by atoms with Gasteiger partial charge in [-0.2, -0.15) is 11.8 Å². The Balaban J connectivity index is 2.46. The second-order valence-electron chi connectivity index (χ2n) is 4.58. The number of nitrogen functional groups attached to an aromatic ring is 1. The van der Waals surface area contributed by atoms with Crippen molar-refractivity contribution in [1.29, 1.82) is 0 Å². The molecule has 4 nitrogen and oxygen atoms in total. The highest BCUT2D eigenvalue weighted by Gasteiger charge is 2.23. The zero-order chi connectivity index (χ0) is 13.3. The van der Waals surface area contributed by atoms with Crippen LogP contribution in [0.15, 0.2) is 23.1 Å². The van der Waals surface area contributed by atoms with Crippen molar-refractivity contribution in [2.24, 2.45) is 0 Å². The van der Waals surface area contributed by atoms with Crippen LogP contribution >= 0.6 is 11.8 Å². The minimum Gasteiger partial charge on any atom is -0.396 e. The van der Waals surface area contributed by atoms with E-state index in [1.54, 1.807) is 12.1 Å². The molecule has 0 radical (unpaired) electrons. The Kier molecular flexibility index (Phi) is 3.77. The van der Waals surface area contributed by atoms with E-state index in [4.69, 9.17) is 5.73 Å². The molecule has 1 aliphatic heterocycles. The summed E-state index contributed by atoms with van der Waals surface area (Å²) in [4.78, 5) is 2.42. The largest absolute Gasteiger partial charge is 0.396 e. The minimum absolute atomic E-state index is 0.227. The summed E-state index contributed by atoms with van der Waals surface area (Å²) >= 11 is 1.92. The Morgan fingerprint density at radius 2 is 2.17 bits per heavy atom. The van der Waals surface area contributed by atoms with Gasteiger partial charge in [0.2, 0.25) is 0 Å². The van der Waals surface area contributed by atoms with Crippen LogP contribution in [0.1, 0.15) is 6.92 Å². The summed E-state index contributed by atoms with van der Waals surface area (Å²) in [5.74, 6) is 2.09. The van der Waals surface area contributed by atoms with Gasteiger partial charge in [0.1, 0.15) is 0 Å². The van der Waals surface area contributed by atoms with Crippen LogP contribution in [0.2, 0.25) is 0 Å². The molecule has 6 heteroatoms. The van der Waals surface area contributed by atoms with Crippen molar-refractivity contribution in [2.45, 2.75) is 17.9 Å². The lowest BCUT2D eigenvalue weighted by atomic mass is 10.2. The third kappa shape index (κ3) is 2.59. The van der Waals surface area contributed by atoms with Gasteiger partial charge in [-0.1, -0.05) is 6.07 Å². The van der Waals surface area contributed by atoms with E-state index in [2.05, 4.69) is 11.8 Å². The first-order chi connectivity index (χ1) is 8.41. The summed E-state index contributed by atoms with van der Waals surface area (Å²) in [5, 5.41) is 0.